The van der Waals surface area contributed by atoms with Crippen molar-refractivity contribution >= 4 is 5.78 Å². The zero-order chi connectivity index (χ0) is 12.3. The molecule has 0 saturated heterocycles. The van der Waals surface area contributed by atoms with E-state index >= 15 is 0 Å². The first-order chi connectivity index (χ1) is 8.26. The lowest BCUT2D eigenvalue weighted by atomic mass is 9.97. The Balaban J connectivity index is 2.37. The first-order valence-corrected chi connectivity index (χ1v) is 5.95. The van der Waals surface area contributed by atoms with Crippen LogP contribution >= 0.6 is 0 Å². The lowest BCUT2D eigenvalue weighted by molar-refractivity contribution is 0.103. The van der Waals surface area contributed by atoms with Gasteiger partial charge >= 0.3 is 0 Å². The highest BCUT2D eigenvalue weighted by Crippen LogP contribution is 2.17. The van der Waals surface area contributed by atoms with E-state index in [-0.39, 0.29) is 5.78 Å². The van der Waals surface area contributed by atoms with Gasteiger partial charge in [-0.3, -0.25) is 4.79 Å². The molecule has 2 nitrogen and oxygen atoms in total. The summed E-state index contributed by atoms with van der Waals surface area (Å²) in [6.45, 7) is 4.24. The van der Waals surface area contributed by atoms with Crippen molar-refractivity contribution in [2.45, 2.75) is 26.7 Å². The topological polar surface area (TPSA) is 30.2 Å². The summed E-state index contributed by atoms with van der Waals surface area (Å²) in [6, 6.07) is 7.63. The minimum Gasteiger partial charge on any atom is -0.472 e. The van der Waals surface area contributed by atoms with Crippen LogP contribution in [0.5, 0.6) is 0 Å². The van der Waals surface area contributed by atoms with E-state index in [4.69, 9.17) is 4.42 Å². The standard InChI is InChI=1S/C15H16O2/c1-3-11-5-6-13(9-12(11)4-2)15(16)14-7-8-17-10-14/h5-10H,3-4H2,1-2H3. The zero-order valence-electron chi connectivity index (χ0n) is 10.2. The Morgan fingerprint density at radius 1 is 1.06 bits per heavy atom. The summed E-state index contributed by atoms with van der Waals surface area (Å²) in [5.41, 5.74) is 3.91. The van der Waals surface area contributed by atoms with Crippen LogP contribution in [0.4, 0.5) is 0 Å². The first-order valence-electron chi connectivity index (χ1n) is 5.95. The number of carbonyl (C=O) groups excluding carboxylic acids is 1. The smallest absolute Gasteiger partial charge is 0.196 e. The number of carbonyl (C=O) groups is 1. The van der Waals surface area contributed by atoms with Gasteiger partial charge in [0.25, 0.3) is 0 Å². The largest absolute Gasteiger partial charge is 0.472 e. The molecule has 1 heterocycles. The minimum atomic E-state index is 0.0242. The molecule has 0 atom stereocenters. The van der Waals surface area contributed by atoms with Gasteiger partial charge in [-0.2, -0.15) is 0 Å². The number of hydrogen-bond acceptors (Lipinski definition) is 2. The highest BCUT2D eigenvalue weighted by molar-refractivity contribution is 6.08. The summed E-state index contributed by atoms with van der Waals surface area (Å²) >= 11 is 0. The molecule has 0 N–H and O–H groups in total. The molecule has 2 aromatic rings. The predicted octanol–water partition coefficient (Wildman–Crippen LogP) is 3.64. The lowest BCUT2D eigenvalue weighted by Crippen LogP contribution is -2.02. The third kappa shape index (κ3) is 2.31. The van der Waals surface area contributed by atoms with Gasteiger partial charge in [-0.15, -0.1) is 0 Å². The first kappa shape index (κ1) is 11.6. The SMILES string of the molecule is CCc1ccc(C(=O)c2ccoc2)cc1CC. The van der Waals surface area contributed by atoms with Crippen molar-refractivity contribution in [3.05, 3.63) is 59.0 Å². The molecule has 0 aliphatic rings. The highest BCUT2D eigenvalue weighted by atomic mass is 16.3. The molecule has 0 fully saturated rings. The van der Waals surface area contributed by atoms with Gasteiger partial charge in [0, 0.05) is 5.56 Å². The minimum absolute atomic E-state index is 0.0242. The van der Waals surface area contributed by atoms with E-state index in [0.29, 0.717) is 5.56 Å². The Morgan fingerprint density at radius 3 is 2.41 bits per heavy atom. The second-order valence-corrected chi connectivity index (χ2v) is 4.03. The zero-order valence-corrected chi connectivity index (χ0v) is 10.2. The quantitative estimate of drug-likeness (QED) is 0.748. The Morgan fingerprint density at radius 2 is 1.82 bits per heavy atom. The Hall–Kier alpha value is -1.83. The van der Waals surface area contributed by atoms with E-state index in [1.807, 2.05) is 18.2 Å². The Kier molecular flexibility index (Phi) is 3.43. The lowest BCUT2D eigenvalue weighted by Gasteiger charge is -2.07. The van der Waals surface area contributed by atoms with Crippen LogP contribution in [-0.4, -0.2) is 5.78 Å². The van der Waals surface area contributed by atoms with E-state index < -0.39 is 0 Å². The Bertz CT molecular complexity index is 510. The van der Waals surface area contributed by atoms with E-state index in [1.165, 1.54) is 23.7 Å². The maximum atomic E-state index is 12.1. The van der Waals surface area contributed by atoms with Gasteiger partial charge in [-0.1, -0.05) is 26.0 Å². The van der Waals surface area contributed by atoms with Crippen LogP contribution in [0.25, 0.3) is 0 Å². The fraction of sp³-hybridized carbons (Fsp3) is 0.267. The fourth-order valence-electron chi connectivity index (χ4n) is 2.00. The van der Waals surface area contributed by atoms with Crippen molar-refractivity contribution < 1.29 is 9.21 Å². The average Bonchev–Trinajstić information content (AvgIpc) is 2.90. The number of rotatable bonds is 4. The monoisotopic (exact) mass is 228 g/mol. The second kappa shape index (κ2) is 5.00. The molecule has 0 aliphatic carbocycles. The number of hydrogen-bond donors (Lipinski definition) is 0. The molecule has 0 amide bonds. The van der Waals surface area contributed by atoms with Gasteiger partial charge in [-0.25, -0.2) is 0 Å². The van der Waals surface area contributed by atoms with Crippen LogP contribution < -0.4 is 0 Å². The van der Waals surface area contributed by atoms with Gasteiger partial charge in [0.15, 0.2) is 5.78 Å². The normalized spacial score (nSPS) is 10.5. The fourth-order valence-corrected chi connectivity index (χ4v) is 2.00. The van der Waals surface area contributed by atoms with Crippen molar-refractivity contribution in [1.29, 1.82) is 0 Å². The second-order valence-electron chi connectivity index (χ2n) is 4.03. The van der Waals surface area contributed by atoms with Crippen LogP contribution in [0.2, 0.25) is 0 Å². The maximum Gasteiger partial charge on any atom is 0.196 e. The average molecular weight is 228 g/mol. The van der Waals surface area contributed by atoms with Crippen molar-refractivity contribution in [3.63, 3.8) is 0 Å². The molecule has 0 saturated carbocycles. The summed E-state index contributed by atoms with van der Waals surface area (Å²) < 4.78 is 4.94. The molecule has 2 heteroatoms. The van der Waals surface area contributed by atoms with Crippen LogP contribution in [0.15, 0.2) is 41.2 Å². The van der Waals surface area contributed by atoms with Crippen molar-refractivity contribution in [3.8, 4) is 0 Å². The molecule has 2 rings (SSSR count). The van der Waals surface area contributed by atoms with Gasteiger partial charge in [0.05, 0.1) is 11.8 Å². The summed E-state index contributed by atoms with van der Waals surface area (Å²) in [4.78, 5) is 12.1. The number of furan rings is 1. The molecular formula is C15H16O2. The molecular weight excluding hydrogens is 212 g/mol. The molecule has 0 aliphatic heterocycles. The third-order valence-corrected chi connectivity index (χ3v) is 3.01. The molecule has 1 aromatic heterocycles. The van der Waals surface area contributed by atoms with Crippen molar-refractivity contribution in [1.82, 2.24) is 0 Å². The third-order valence-electron chi connectivity index (χ3n) is 3.01. The van der Waals surface area contributed by atoms with E-state index in [1.54, 1.807) is 6.07 Å². The molecule has 0 spiro atoms. The summed E-state index contributed by atoms with van der Waals surface area (Å²) in [7, 11) is 0. The maximum absolute atomic E-state index is 12.1. The summed E-state index contributed by atoms with van der Waals surface area (Å²) in [5, 5.41) is 0. The molecule has 88 valence electrons. The van der Waals surface area contributed by atoms with Gasteiger partial charge in [0.1, 0.15) is 6.26 Å². The molecule has 0 bridgehead atoms. The highest BCUT2D eigenvalue weighted by Gasteiger charge is 2.11. The van der Waals surface area contributed by atoms with E-state index in [2.05, 4.69) is 13.8 Å². The molecule has 0 radical (unpaired) electrons. The molecule has 17 heavy (non-hydrogen) atoms. The van der Waals surface area contributed by atoms with Crippen LogP contribution in [0.3, 0.4) is 0 Å². The van der Waals surface area contributed by atoms with E-state index in [9.17, 15) is 4.79 Å². The number of ketones is 1. The van der Waals surface area contributed by atoms with E-state index in [0.717, 1.165) is 18.4 Å². The predicted molar refractivity (Wildman–Crippen MR) is 67.3 cm³/mol. The molecule has 0 unspecified atom stereocenters. The van der Waals surface area contributed by atoms with Crippen LogP contribution in [-0.2, 0) is 12.8 Å². The summed E-state index contributed by atoms with van der Waals surface area (Å²) in [5.74, 6) is 0.0242. The number of benzene rings is 1. The number of aryl methyl sites for hydroxylation is 2. The summed E-state index contributed by atoms with van der Waals surface area (Å²) in [6.07, 6.45) is 4.97. The van der Waals surface area contributed by atoms with Gasteiger partial charge in [0.2, 0.25) is 0 Å². The Labute approximate surface area is 101 Å². The van der Waals surface area contributed by atoms with Crippen LogP contribution in [0, 0.1) is 0 Å². The van der Waals surface area contributed by atoms with Gasteiger partial charge < -0.3 is 4.42 Å². The van der Waals surface area contributed by atoms with Crippen LogP contribution in [0.1, 0.15) is 40.9 Å². The van der Waals surface area contributed by atoms with Gasteiger partial charge in [-0.05, 0) is 36.1 Å². The molecule has 1 aromatic carbocycles. The van der Waals surface area contributed by atoms with Crippen molar-refractivity contribution in [2.75, 3.05) is 0 Å². The van der Waals surface area contributed by atoms with Crippen molar-refractivity contribution in [2.24, 2.45) is 0 Å².